The minimum Gasteiger partial charge on any atom is -0.330 e. The molecule has 0 bridgehead atoms. The van der Waals surface area contributed by atoms with E-state index in [2.05, 4.69) is 39.6 Å². The van der Waals surface area contributed by atoms with Crippen LogP contribution < -0.4 is 5.73 Å². The Bertz CT molecular complexity index is 161. The van der Waals surface area contributed by atoms with Crippen LogP contribution in [-0.2, 0) is 0 Å². The molecule has 0 aliphatic carbocycles. The second-order valence-corrected chi connectivity index (χ2v) is 6.08. The minimum atomic E-state index is 0.383. The lowest BCUT2D eigenvalue weighted by Crippen LogP contribution is -2.39. The zero-order chi connectivity index (χ0) is 12.6. The quantitative estimate of drug-likeness (QED) is 0.646. The first-order valence-electron chi connectivity index (χ1n) is 6.80. The molecule has 0 saturated carbocycles. The van der Waals surface area contributed by atoms with Gasteiger partial charge < -0.3 is 10.6 Å². The monoisotopic (exact) mass is 228 g/mol. The minimum absolute atomic E-state index is 0.383. The normalized spacial score (nSPS) is 14.4. The molecule has 16 heavy (non-hydrogen) atoms. The van der Waals surface area contributed by atoms with Crippen LogP contribution in [-0.4, -0.2) is 31.1 Å². The van der Waals surface area contributed by atoms with Gasteiger partial charge in [0, 0.05) is 6.04 Å². The van der Waals surface area contributed by atoms with Crippen LogP contribution in [0.3, 0.4) is 0 Å². The smallest absolute Gasteiger partial charge is 0.0112 e. The molecule has 2 heteroatoms. The van der Waals surface area contributed by atoms with Gasteiger partial charge in [-0.2, -0.15) is 0 Å². The third-order valence-corrected chi connectivity index (χ3v) is 3.63. The van der Waals surface area contributed by atoms with E-state index >= 15 is 0 Å². The van der Waals surface area contributed by atoms with E-state index in [1.165, 1.54) is 38.6 Å². The van der Waals surface area contributed by atoms with Gasteiger partial charge in [0.2, 0.25) is 0 Å². The number of rotatable bonds is 8. The summed E-state index contributed by atoms with van der Waals surface area (Å²) >= 11 is 0. The van der Waals surface area contributed by atoms with Crippen molar-refractivity contribution in [1.29, 1.82) is 0 Å². The fourth-order valence-corrected chi connectivity index (χ4v) is 1.89. The fraction of sp³-hybridized carbons (Fsp3) is 1.00. The second-order valence-electron chi connectivity index (χ2n) is 6.08. The molecule has 2 N–H and O–H groups in total. The molecule has 0 radical (unpaired) electrons. The van der Waals surface area contributed by atoms with Crippen molar-refractivity contribution in [3.8, 4) is 0 Å². The first-order valence-corrected chi connectivity index (χ1v) is 6.80. The molecule has 0 spiro atoms. The van der Waals surface area contributed by atoms with Crippen LogP contribution in [0.5, 0.6) is 0 Å². The third kappa shape index (κ3) is 7.24. The van der Waals surface area contributed by atoms with Crippen LogP contribution in [0.25, 0.3) is 0 Å². The molecule has 98 valence electrons. The molecule has 0 aromatic heterocycles. The summed E-state index contributed by atoms with van der Waals surface area (Å²) in [6, 6.07) is 0.650. The highest BCUT2D eigenvalue weighted by Crippen LogP contribution is 2.23. The van der Waals surface area contributed by atoms with Crippen LogP contribution in [0, 0.1) is 5.41 Å². The lowest BCUT2D eigenvalue weighted by molar-refractivity contribution is 0.139. The Kier molecular flexibility index (Phi) is 8.04. The van der Waals surface area contributed by atoms with Crippen molar-refractivity contribution in [3.05, 3.63) is 0 Å². The van der Waals surface area contributed by atoms with Gasteiger partial charge in [-0.25, -0.2) is 0 Å². The number of unbranched alkanes of at least 4 members (excludes halogenated alkanes) is 4. The number of hydrogen-bond acceptors (Lipinski definition) is 2. The second kappa shape index (κ2) is 8.08. The predicted molar refractivity (Wildman–Crippen MR) is 73.7 cm³/mol. The van der Waals surface area contributed by atoms with Gasteiger partial charge in [0.15, 0.2) is 0 Å². The van der Waals surface area contributed by atoms with Crippen molar-refractivity contribution in [2.45, 2.75) is 65.8 Å². The van der Waals surface area contributed by atoms with Crippen LogP contribution >= 0.6 is 0 Å². The highest BCUT2D eigenvalue weighted by molar-refractivity contribution is 4.77. The first-order chi connectivity index (χ1) is 7.39. The summed E-state index contributed by atoms with van der Waals surface area (Å²) in [6.45, 7) is 11.3. The van der Waals surface area contributed by atoms with Gasteiger partial charge >= 0.3 is 0 Å². The van der Waals surface area contributed by atoms with Crippen molar-refractivity contribution in [3.63, 3.8) is 0 Å². The third-order valence-electron chi connectivity index (χ3n) is 3.63. The van der Waals surface area contributed by atoms with E-state index in [0.29, 0.717) is 11.5 Å². The maximum atomic E-state index is 5.47. The van der Waals surface area contributed by atoms with E-state index in [1.807, 2.05) is 0 Å². The summed E-state index contributed by atoms with van der Waals surface area (Å²) in [4.78, 5) is 2.49. The first kappa shape index (κ1) is 15.9. The molecular weight excluding hydrogens is 196 g/mol. The summed E-state index contributed by atoms with van der Waals surface area (Å²) in [7, 11) is 2.25. The van der Waals surface area contributed by atoms with Gasteiger partial charge in [0.05, 0.1) is 0 Å². The zero-order valence-electron chi connectivity index (χ0n) is 12.1. The largest absolute Gasteiger partial charge is 0.330 e. The molecule has 1 atom stereocenters. The molecule has 1 unspecified atom stereocenters. The highest BCUT2D eigenvalue weighted by atomic mass is 15.1. The molecule has 0 amide bonds. The molecule has 0 aromatic rings. The van der Waals surface area contributed by atoms with E-state index < -0.39 is 0 Å². The van der Waals surface area contributed by atoms with Gasteiger partial charge in [-0.3, -0.25) is 0 Å². The van der Waals surface area contributed by atoms with E-state index in [4.69, 9.17) is 5.73 Å². The van der Waals surface area contributed by atoms with Crippen molar-refractivity contribution in [1.82, 2.24) is 4.90 Å². The predicted octanol–water partition coefficient (Wildman–Crippen LogP) is 3.26. The van der Waals surface area contributed by atoms with E-state index in [-0.39, 0.29) is 0 Å². The van der Waals surface area contributed by atoms with Crippen LogP contribution in [0.1, 0.15) is 59.8 Å². The van der Waals surface area contributed by atoms with Crippen molar-refractivity contribution >= 4 is 0 Å². The standard InChI is InChI=1S/C14H32N2/c1-13(14(2,3)4)16(5)12-10-8-6-7-9-11-15/h13H,6-12,15H2,1-5H3. The van der Waals surface area contributed by atoms with E-state index in [0.717, 1.165) is 6.54 Å². The maximum Gasteiger partial charge on any atom is 0.0112 e. The van der Waals surface area contributed by atoms with E-state index in [1.54, 1.807) is 0 Å². The van der Waals surface area contributed by atoms with Gasteiger partial charge in [-0.15, -0.1) is 0 Å². The zero-order valence-corrected chi connectivity index (χ0v) is 12.1. The summed E-state index contributed by atoms with van der Waals surface area (Å²) in [5.41, 5.74) is 5.85. The molecule has 0 saturated heterocycles. The average molecular weight is 228 g/mol. The Morgan fingerprint density at radius 1 is 1.00 bits per heavy atom. The van der Waals surface area contributed by atoms with Crippen molar-refractivity contribution in [2.75, 3.05) is 20.1 Å². The van der Waals surface area contributed by atoms with Crippen molar-refractivity contribution < 1.29 is 0 Å². The van der Waals surface area contributed by atoms with Gasteiger partial charge in [0.25, 0.3) is 0 Å². The maximum absolute atomic E-state index is 5.47. The van der Waals surface area contributed by atoms with Gasteiger partial charge in [0.1, 0.15) is 0 Å². The molecule has 0 rings (SSSR count). The fourth-order valence-electron chi connectivity index (χ4n) is 1.89. The van der Waals surface area contributed by atoms with E-state index in [9.17, 15) is 0 Å². The summed E-state index contributed by atoms with van der Waals surface area (Å²) in [5, 5.41) is 0. The van der Waals surface area contributed by atoms with Crippen molar-refractivity contribution in [2.24, 2.45) is 11.1 Å². The summed E-state index contributed by atoms with van der Waals surface area (Å²) in [5.74, 6) is 0. The SMILES string of the molecule is CC(N(C)CCCCCCCN)C(C)(C)C. The Balaban J connectivity index is 3.54. The molecule has 0 aromatic carbocycles. The van der Waals surface area contributed by atoms with Crippen LogP contribution in [0.15, 0.2) is 0 Å². The van der Waals surface area contributed by atoms with Gasteiger partial charge in [-0.1, -0.05) is 40.0 Å². The summed E-state index contributed by atoms with van der Waals surface area (Å²) in [6.07, 6.45) is 6.50. The Morgan fingerprint density at radius 3 is 2.00 bits per heavy atom. The molecule has 0 fully saturated rings. The van der Waals surface area contributed by atoms with Crippen LogP contribution in [0.2, 0.25) is 0 Å². The number of nitrogens with zero attached hydrogens (tertiary/aromatic N) is 1. The molecule has 0 aliphatic heterocycles. The lowest BCUT2D eigenvalue weighted by Gasteiger charge is -2.35. The lowest BCUT2D eigenvalue weighted by atomic mass is 9.87. The number of hydrogen-bond donors (Lipinski definition) is 1. The number of nitrogens with two attached hydrogens (primary N) is 1. The Hall–Kier alpha value is -0.0800. The summed E-state index contributed by atoms with van der Waals surface area (Å²) < 4.78 is 0. The Morgan fingerprint density at radius 2 is 1.50 bits per heavy atom. The molecule has 0 aliphatic rings. The Labute approximate surface area is 103 Å². The van der Waals surface area contributed by atoms with Gasteiger partial charge in [-0.05, 0) is 45.3 Å². The van der Waals surface area contributed by atoms with Crippen LogP contribution in [0.4, 0.5) is 0 Å². The molecule has 0 heterocycles. The highest BCUT2D eigenvalue weighted by Gasteiger charge is 2.23. The topological polar surface area (TPSA) is 29.3 Å². The average Bonchev–Trinajstić information content (AvgIpc) is 2.20. The molecule has 2 nitrogen and oxygen atoms in total. The molecular formula is C14H32N2.